The van der Waals surface area contributed by atoms with E-state index < -0.39 is 11.7 Å². The molecule has 3 nitrogen and oxygen atoms in total. The molecule has 0 saturated carbocycles. The van der Waals surface area contributed by atoms with Gasteiger partial charge in [0.05, 0.1) is 18.0 Å². The lowest BCUT2D eigenvalue weighted by atomic mass is 9.65. The van der Waals surface area contributed by atoms with Crippen molar-refractivity contribution in [2.24, 2.45) is 0 Å². The van der Waals surface area contributed by atoms with Crippen molar-refractivity contribution in [3.05, 3.63) is 83.9 Å². The largest absolute Gasteiger partial charge is 0.416 e. The molecular weight excluding hydrogens is 374 g/mol. The van der Waals surface area contributed by atoms with Crippen LogP contribution in [-0.4, -0.2) is 16.8 Å². The van der Waals surface area contributed by atoms with Gasteiger partial charge in [-0.1, -0.05) is 66.8 Å². The van der Waals surface area contributed by atoms with Gasteiger partial charge in [-0.3, -0.25) is 0 Å². The standard InChI is InChI=1S/C17H17BF3.C5H5N3/c1-2-4-13-7-9-16(10-8-13)18-12-14-5-3-6-15(11-14)17(19,20)21;6-1-3-8-4-2-7-5-8/h3,5-11H,2,4,12H2,1H3;2,4-5H,3H2. The van der Waals surface area contributed by atoms with Crippen LogP contribution in [0.2, 0.25) is 0 Å². The number of alkyl halides is 3. The highest BCUT2D eigenvalue weighted by atomic mass is 19.4. The van der Waals surface area contributed by atoms with Crippen LogP contribution in [0.5, 0.6) is 0 Å². The van der Waals surface area contributed by atoms with Crippen LogP contribution in [0.4, 0.5) is 13.2 Å². The van der Waals surface area contributed by atoms with E-state index in [0.717, 1.165) is 24.4 Å². The van der Waals surface area contributed by atoms with Gasteiger partial charge in [0.15, 0.2) is 7.28 Å². The number of nitrogens with zero attached hydrogens (tertiary/aromatic N) is 3. The van der Waals surface area contributed by atoms with Gasteiger partial charge in [0.25, 0.3) is 0 Å². The molecule has 0 aliphatic rings. The second-order valence-electron chi connectivity index (χ2n) is 6.49. The summed E-state index contributed by atoms with van der Waals surface area (Å²) in [5.41, 5.74) is 2.40. The van der Waals surface area contributed by atoms with E-state index in [0.29, 0.717) is 18.4 Å². The maximum absolute atomic E-state index is 12.6. The first-order valence-corrected chi connectivity index (χ1v) is 9.33. The summed E-state index contributed by atoms with van der Waals surface area (Å²) in [4.78, 5) is 3.75. The van der Waals surface area contributed by atoms with Crippen LogP contribution in [0.1, 0.15) is 30.0 Å². The number of aryl methyl sites for hydroxylation is 1. The van der Waals surface area contributed by atoms with Gasteiger partial charge >= 0.3 is 6.18 Å². The molecule has 0 bridgehead atoms. The van der Waals surface area contributed by atoms with E-state index in [4.69, 9.17) is 5.26 Å². The lowest BCUT2D eigenvalue weighted by Gasteiger charge is -2.08. The van der Waals surface area contributed by atoms with Crippen molar-refractivity contribution in [1.82, 2.24) is 9.55 Å². The zero-order valence-electron chi connectivity index (χ0n) is 16.2. The van der Waals surface area contributed by atoms with Gasteiger partial charge < -0.3 is 4.57 Å². The molecule has 0 atom stereocenters. The average molecular weight is 396 g/mol. The number of halogens is 3. The molecular formula is C22H22BF3N3. The highest BCUT2D eigenvalue weighted by Crippen LogP contribution is 2.29. The van der Waals surface area contributed by atoms with Gasteiger partial charge in [-0.2, -0.15) is 18.4 Å². The third-order valence-electron chi connectivity index (χ3n) is 4.16. The number of benzene rings is 2. The number of hydrogen-bond donors (Lipinski definition) is 0. The molecule has 3 aromatic rings. The summed E-state index contributed by atoms with van der Waals surface area (Å²) in [7, 11) is 1.95. The summed E-state index contributed by atoms with van der Waals surface area (Å²) >= 11 is 0. The first-order valence-electron chi connectivity index (χ1n) is 9.33. The molecule has 0 amide bonds. The van der Waals surface area contributed by atoms with Gasteiger partial charge in [-0.15, -0.1) is 0 Å². The fourth-order valence-electron chi connectivity index (χ4n) is 2.68. The fourth-order valence-corrected chi connectivity index (χ4v) is 2.68. The van der Waals surface area contributed by atoms with Crippen molar-refractivity contribution in [2.45, 2.75) is 38.8 Å². The number of rotatable bonds is 6. The van der Waals surface area contributed by atoms with E-state index in [1.807, 2.05) is 25.5 Å². The lowest BCUT2D eigenvalue weighted by molar-refractivity contribution is -0.137. The van der Waals surface area contributed by atoms with E-state index in [-0.39, 0.29) is 0 Å². The van der Waals surface area contributed by atoms with Crippen molar-refractivity contribution in [3.8, 4) is 6.07 Å². The highest BCUT2D eigenvalue weighted by molar-refractivity contribution is 6.52. The molecule has 2 aromatic carbocycles. The van der Waals surface area contributed by atoms with E-state index in [9.17, 15) is 13.2 Å². The third-order valence-corrected chi connectivity index (χ3v) is 4.16. The molecule has 0 N–H and O–H groups in total. The molecule has 0 saturated heterocycles. The van der Waals surface area contributed by atoms with Crippen LogP contribution in [0.25, 0.3) is 0 Å². The number of aromatic nitrogens is 2. The van der Waals surface area contributed by atoms with Gasteiger partial charge in [-0.25, -0.2) is 4.98 Å². The molecule has 149 valence electrons. The van der Waals surface area contributed by atoms with Gasteiger partial charge in [-0.05, 0) is 24.4 Å². The van der Waals surface area contributed by atoms with Crippen LogP contribution in [0, 0.1) is 11.3 Å². The van der Waals surface area contributed by atoms with Crippen molar-refractivity contribution >= 4 is 12.7 Å². The molecule has 29 heavy (non-hydrogen) atoms. The maximum atomic E-state index is 12.6. The monoisotopic (exact) mass is 396 g/mol. The molecule has 0 spiro atoms. The summed E-state index contributed by atoms with van der Waals surface area (Å²) in [5, 5.41) is 8.14. The van der Waals surface area contributed by atoms with Crippen LogP contribution in [0.15, 0.2) is 67.3 Å². The Hall–Kier alpha value is -3.01. The Kier molecular flexibility index (Phi) is 8.54. The summed E-state index contributed by atoms with van der Waals surface area (Å²) < 4.78 is 39.6. The minimum Gasteiger partial charge on any atom is -0.324 e. The second kappa shape index (κ2) is 11.1. The Morgan fingerprint density at radius 1 is 1.10 bits per heavy atom. The van der Waals surface area contributed by atoms with Crippen LogP contribution < -0.4 is 5.46 Å². The lowest BCUT2D eigenvalue weighted by Crippen LogP contribution is -2.17. The Bertz CT molecular complexity index is 898. The number of imidazole rings is 1. The summed E-state index contributed by atoms with van der Waals surface area (Å²) in [6.45, 7) is 2.52. The van der Waals surface area contributed by atoms with Gasteiger partial charge in [0.1, 0.15) is 6.54 Å². The predicted molar refractivity (Wildman–Crippen MR) is 109 cm³/mol. The molecule has 3 rings (SSSR count). The Labute approximate surface area is 170 Å². The highest BCUT2D eigenvalue weighted by Gasteiger charge is 2.30. The smallest absolute Gasteiger partial charge is 0.324 e. The molecule has 0 aliphatic carbocycles. The van der Waals surface area contributed by atoms with Crippen LogP contribution >= 0.6 is 0 Å². The van der Waals surface area contributed by atoms with Crippen LogP contribution in [0.3, 0.4) is 0 Å². The van der Waals surface area contributed by atoms with E-state index in [2.05, 4.69) is 24.0 Å². The van der Waals surface area contributed by atoms with Crippen molar-refractivity contribution in [2.75, 3.05) is 0 Å². The third kappa shape index (κ3) is 7.86. The Balaban J connectivity index is 0.000000313. The number of hydrogen-bond acceptors (Lipinski definition) is 2. The fraction of sp³-hybridized carbons (Fsp3) is 0.273. The summed E-state index contributed by atoms with van der Waals surface area (Å²) in [6, 6.07) is 15.6. The van der Waals surface area contributed by atoms with Crippen LogP contribution in [-0.2, 0) is 25.5 Å². The first kappa shape index (κ1) is 22.3. The molecule has 0 aliphatic heterocycles. The van der Waals surface area contributed by atoms with Crippen molar-refractivity contribution in [3.63, 3.8) is 0 Å². The summed E-state index contributed by atoms with van der Waals surface area (Å²) in [6.07, 6.45) is 3.39. The SMILES string of the molecule is CCCc1ccc([B]Cc2cccc(C(F)(F)F)c2)cc1.N#CCn1ccnc1. The number of nitriles is 1. The van der Waals surface area contributed by atoms with Gasteiger partial charge in [0.2, 0.25) is 0 Å². The zero-order valence-corrected chi connectivity index (χ0v) is 16.2. The van der Waals surface area contributed by atoms with Crippen molar-refractivity contribution in [1.29, 1.82) is 5.26 Å². The Morgan fingerprint density at radius 2 is 1.86 bits per heavy atom. The topological polar surface area (TPSA) is 41.6 Å². The molecule has 7 heteroatoms. The molecule has 0 unspecified atom stereocenters. The minimum absolute atomic E-state index is 0.389. The zero-order chi connectivity index (χ0) is 21.1. The van der Waals surface area contributed by atoms with E-state index in [1.54, 1.807) is 29.4 Å². The predicted octanol–water partition coefficient (Wildman–Crippen LogP) is 4.59. The quantitative estimate of drug-likeness (QED) is 0.572. The van der Waals surface area contributed by atoms with Crippen molar-refractivity contribution < 1.29 is 13.2 Å². The second-order valence-corrected chi connectivity index (χ2v) is 6.49. The van der Waals surface area contributed by atoms with E-state index >= 15 is 0 Å². The molecule has 0 fully saturated rings. The molecule has 1 aromatic heterocycles. The van der Waals surface area contributed by atoms with E-state index in [1.165, 1.54) is 17.7 Å². The first-order chi connectivity index (χ1) is 13.9. The average Bonchev–Trinajstić information content (AvgIpc) is 3.21. The van der Waals surface area contributed by atoms with Gasteiger partial charge in [0, 0.05) is 12.4 Å². The maximum Gasteiger partial charge on any atom is 0.416 e. The normalized spacial score (nSPS) is 10.6. The Morgan fingerprint density at radius 3 is 2.45 bits per heavy atom. The molecule has 1 heterocycles. The summed E-state index contributed by atoms with van der Waals surface area (Å²) in [5.74, 6) is 0. The minimum atomic E-state index is -4.28. The molecule has 1 radical (unpaired) electrons.